The van der Waals surface area contributed by atoms with Crippen molar-refractivity contribution in [3.8, 4) is 5.75 Å². The van der Waals surface area contributed by atoms with E-state index in [0.717, 1.165) is 17.0 Å². The van der Waals surface area contributed by atoms with Crippen LogP contribution in [0.4, 0.5) is 20.2 Å². The summed E-state index contributed by atoms with van der Waals surface area (Å²) in [4.78, 5) is 27.7. The molecule has 3 aromatic rings. The molecule has 0 spiro atoms. The van der Waals surface area contributed by atoms with Gasteiger partial charge in [0.1, 0.15) is 11.4 Å². The van der Waals surface area contributed by atoms with Crippen LogP contribution in [-0.4, -0.2) is 18.4 Å². The molecule has 3 aromatic carbocycles. The number of anilines is 2. The molecule has 0 aromatic heterocycles. The molecule has 4 rings (SSSR count). The minimum atomic E-state index is -1.06. The second kappa shape index (κ2) is 8.39. The number of benzene rings is 3. The lowest BCUT2D eigenvalue weighted by Crippen LogP contribution is -2.32. The van der Waals surface area contributed by atoms with Crippen molar-refractivity contribution in [3.63, 3.8) is 0 Å². The van der Waals surface area contributed by atoms with Gasteiger partial charge in [0.05, 0.1) is 17.9 Å². The summed E-state index contributed by atoms with van der Waals surface area (Å²) in [6, 6.07) is 18.5. The Morgan fingerprint density at radius 3 is 2.35 bits per heavy atom. The Morgan fingerprint density at radius 1 is 0.871 bits per heavy atom. The second-order valence-corrected chi connectivity index (χ2v) is 6.75. The molecule has 0 fully saturated rings. The minimum absolute atomic E-state index is 0.0241. The molecule has 7 heteroatoms. The molecular formula is C24H18F2N2O3. The van der Waals surface area contributed by atoms with Crippen LogP contribution in [0.2, 0.25) is 0 Å². The number of carbonyl (C=O) groups excluding carboxylic acids is 2. The average Bonchev–Trinajstić information content (AvgIpc) is 3.01. The smallest absolute Gasteiger partial charge is 0.282 e. The van der Waals surface area contributed by atoms with Gasteiger partial charge >= 0.3 is 0 Å². The van der Waals surface area contributed by atoms with E-state index < -0.39 is 23.4 Å². The molecule has 1 N–H and O–H groups in total. The molecule has 0 saturated carbocycles. The van der Waals surface area contributed by atoms with E-state index in [9.17, 15) is 18.4 Å². The van der Waals surface area contributed by atoms with Crippen LogP contribution in [0.1, 0.15) is 12.5 Å². The Labute approximate surface area is 177 Å². The predicted octanol–water partition coefficient (Wildman–Crippen LogP) is 4.76. The zero-order valence-electron chi connectivity index (χ0n) is 16.6. The lowest BCUT2D eigenvalue weighted by atomic mass is 10.0. The summed E-state index contributed by atoms with van der Waals surface area (Å²) in [5.41, 5.74) is 1.13. The van der Waals surface area contributed by atoms with Crippen molar-refractivity contribution in [2.24, 2.45) is 0 Å². The summed E-state index contributed by atoms with van der Waals surface area (Å²) in [5, 5.41) is 2.81. The van der Waals surface area contributed by atoms with Gasteiger partial charge in [0.25, 0.3) is 11.8 Å². The van der Waals surface area contributed by atoms with E-state index in [1.165, 1.54) is 6.07 Å². The van der Waals surface area contributed by atoms with Crippen molar-refractivity contribution in [3.05, 3.63) is 95.7 Å². The van der Waals surface area contributed by atoms with Gasteiger partial charge in [0.15, 0.2) is 11.6 Å². The number of carbonyl (C=O) groups is 2. The van der Waals surface area contributed by atoms with Crippen LogP contribution in [0.5, 0.6) is 5.75 Å². The Kier molecular flexibility index (Phi) is 5.49. The summed E-state index contributed by atoms with van der Waals surface area (Å²) < 4.78 is 32.5. The van der Waals surface area contributed by atoms with E-state index in [4.69, 9.17) is 4.74 Å². The molecule has 156 valence electrons. The van der Waals surface area contributed by atoms with Crippen LogP contribution in [0.15, 0.2) is 78.5 Å². The first-order chi connectivity index (χ1) is 15.0. The fraction of sp³-hybridized carbons (Fsp3) is 0.0833. The molecule has 0 radical (unpaired) electrons. The lowest BCUT2D eigenvalue weighted by Gasteiger charge is -2.16. The van der Waals surface area contributed by atoms with E-state index in [0.29, 0.717) is 23.6 Å². The van der Waals surface area contributed by atoms with Gasteiger partial charge in [-0.1, -0.05) is 36.4 Å². The summed E-state index contributed by atoms with van der Waals surface area (Å²) >= 11 is 0. The topological polar surface area (TPSA) is 58.6 Å². The van der Waals surface area contributed by atoms with Gasteiger partial charge in [-0.25, -0.2) is 13.7 Å². The highest BCUT2D eigenvalue weighted by atomic mass is 19.2. The van der Waals surface area contributed by atoms with Crippen molar-refractivity contribution in [1.82, 2.24) is 0 Å². The Balaban J connectivity index is 1.79. The van der Waals surface area contributed by atoms with Crippen LogP contribution in [0.3, 0.4) is 0 Å². The Hall–Kier alpha value is -4.00. The SMILES string of the molecule is CCOc1cccc(N2C(=O)C(Nc3ccc(F)c(F)c3)=C(c3ccccc3)C2=O)c1. The second-order valence-electron chi connectivity index (χ2n) is 6.75. The fourth-order valence-electron chi connectivity index (χ4n) is 3.35. The first kappa shape index (κ1) is 20.3. The van der Waals surface area contributed by atoms with E-state index in [1.807, 2.05) is 6.92 Å². The minimum Gasteiger partial charge on any atom is -0.494 e. The lowest BCUT2D eigenvalue weighted by molar-refractivity contribution is -0.120. The first-order valence-electron chi connectivity index (χ1n) is 9.63. The van der Waals surface area contributed by atoms with E-state index >= 15 is 0 Å². The van der Waals surface area contributed by atoms with Crippen molar-refractivity contribution in [1.29, 1.82) is 0 Å². The molecule has 2 amide bonds. The van der Waals surface area contributed by atoms with Crippen LogP contribution >= 0.6 is 0 Å². The monoisotopic (exact) mass is 420 g/mol. The fourth-order valence-corrected chi connectivity index (χ4v) is 3.35. The molecule has 31 heavy (non-hydrogen) atoms. The number of hydrogen-bond donors (Lipinski definition) is 1. The standard InChI is InChI=1S/C24H18F2N2O3/c1-2-31-18-10-6-9-17(14-18)28-23(29)21(15-7-4-3-5-8-15)22(24(28)30)27-16-11-12-19(25)20(26)13-16/h3-14,27H,2H2,1H3. The third-order valence-corrected chi connectivity index (χ3v) is 4.72. The third-order valence-electron chi connectivity index (χ3n) is 4.72. The number of nitrogens with zero attached hydrogens (tertiary/aromatic N) is 1. The largest absolute Gasteiger partial charge is 0.494 e. The number of imide groups is 1. The number of amides is 2. The van der Waals surface area contributed by atoms with E-state index in [1.54, 1.807) is 54.6 Å². The number of rotatable bonds is 6. The Morgan fingerprint density at radius 2 is 1.65 bits per heavy atom. The summed E-state index contributed by atoms with van der Waals surface area (Å²) in [5.74, 6) is -2.70. The maximum atomic E-state index is 13.7. The van der Waals surface area contributed by atoms with Crippen LogP contribution in [0, 0.1) is 11.6 Å². The zero-order chi connectivity index (χ0) is 22.0. The summed E-state index contributed by atoms with van der Waals surface area (Å²) in [6.45, 7) is 2.26. The van der Waals surface area contributed by atoms with E-state index in [-0.39, 0.29) is 17.0 Å². The maximum absolute atomic E-state index is 13.7. The van der Waals surface area contributed by atoms with Crippen LogP contribution in [0.25, 0.3) is 5.57 Å². The number of ether oxygens (including phenoxy) is 1. The maximum Gasteiger partial charge on any atom is 0.282 e. The first-order valence-corrected chi connectivity index (χ1v) is 9.63. The molecule has 0 saturated heterocycles. The molecule has 0 atom stereocenters. The van der Waals surface area contributed by atoms with E-state index in [2.05, 4.69) is 5.32 Å². The summed E-state index contributed by atoms with van der Waals surface area (Å²) in [6.07, 6.45) is 0. The third kappa shape index (κ3) is 3.90. The van der Waals surface area contributed by atoms with Gasteiger partial charge in [-0.3, -0.25) is 9.59 Å². The molecule has 0 aliphatic carbocycles. The number of nitrogens with one attached hydrogen (secondary N) is 1. The molecule has 0 bridgehead atoms. The van der Waals surface area contributed by atoms with Crippen molar-refractivity contribution in [2.75, 3.05) is 16.8 Å². The highest BCUT2D eigenvalue weighted by molar-refractivity contribution is 6.46. The van der Waals surface area contributed by atoms with Gasteiger partial charge in [-0.05, 0) is 36.8 Å². The van der Waals surface area contributed by atoms with Crippen LogP contribution < -0.4 is 15.0 Å². The van der Waals surface area contributed by atoms with Gasteiger partial charge in [0.2, 0.25) is 0 Å². The molecule has 1 aliphatic heterocycles. The molecule has 1 heterocycles. The number of hydrogen-bond acceptors (Lipinski definition) is 4. The number of halogens is 2. The zero-order valence-corrected chi connectivity index (χ0v) is 16.6. The molecular weight excluding hydrogens is 402 g/mol. The highest BCUT2D eigenvalue weighted by Crippen LogP contribution is 2.35. The van der Waals surface area contributed by atoms with Gasteiger partial charge in [0, 0.05) is 17.8 Å². The summed E-state index contributed by atoms with van der Waals surface area (Å²) in [7, 11) is 0. The normalized spacial score (nSPS) is 13.7. The molecule has 1 aliphatic rings. The Bertz CT molecular complexity index is 1190. The van der Waals surface area contributed by atoms with Crippen LogP contribution in [-0.2, 0) is 9.59 Å². The molecule has 5 nitrogen and oxygen atoms in total. The quantitative estimate of drug-likeness (QED) is 0.584. The molecule has 0 unspecified atom stereocenters. The predicted molar refractivity (Wildman–Crippen MR) is 113 cm³/mol. The van der Waals surface area contributed by atoms with Gasteiger partial charge < -0.3 is 10.1 Å². The van der Waals surface area contributed by atoms with Crippen molar-refractivity contribution in [2.45, 2.75) is 6.92 Å². The van der Waals surface area contributed by atoms with Gasteiger partial charge in [-0.2, -0.15) is 0 Å². The highest BCUT2D eigenvalue weighted by Gasteiger charge is 2.40. The average molecular weight is 420 g/mol. The van der Waals surface area contributed by atoms with Crippen molar-refractivity contribution < 1.29 is 23.1 Å². The van der Waals surface area contributed by atoms with Gasteiger partial charge in [-0.15, -0.1) is 0 Å². The van der Waals surface area contributed by atoms with Crippen molar-refractivity contribution >= 4 is 28.8 Å².